The van der Waals surface area contributed by atoms with Crippen LogP contribution >= 0.6 is 0 Å². The molecule has 1 aliphatic carbocycles. The molecule has 10 heteroatoms. The highest BCUT2D eigenvalue weighted by atomic mass is 32.2. The largest absolute Gasteiger partial charge is 0.354 e. The van der Waals surface area contributed by atoms with Crippen molar-refractivity contribution in [1.29, 1.82) is 0 Å². The first kappa shape index (κ1) is 27.1. The van der Waals surface area contributed by atoms with Crippen LogP contribution in [-0.4, -0.2) is 42.0 Å². The van der Waals surface area contributed by atoms with E-state index in [-0.39, 0.29) is 17.0 Å². The maximum absolute atomic E-state index is 12.5. The summed E-state index contributed by atoms with van der Waals surface area (Å²) in [7, 11) is -3.82. The van der Waals surface area contributed by atoms with E-state index in [1.54, 1.807) is 0 Å². The monoisotopic (exact) mass is 525 g/mol. The second kappa shape index (κ2) is 11.6. The van der Waals surface area contributed by atoms with E-state index in [1.165, 1.54) is 0 Å². The van der Waals surface area contributed by atoms with Crippen LogP contribution in [0.1, 0.15) is 58.9 Å². The Morgan fingerprint density at radius 3 is 2.00 bits per heavy atom. The Hall–Kier alpha value is -2.98. The maximum Gasteiger partial charge on any atom is 0.238 e. The molecule has 0 unspecified atom stereocenters. The number of nitrogens with two attached hydrogens (primary N) is 1. The third kappa shape index (κ3) is 7.29. The molecule has 1 aromatic heterocycles. The molecular formula is C27H39N7O2S. The zero-order valence-electron chi connectivity index (χ0n) is 22.2. The Balaban J connectivity index is 1.38. The van der Waals surface area contributed by atoms with Crippen LogP contribution in [0.2, 0.25) is 0 Å². The van der Waals surface area contributed by atoms with Crippen LogP contribution < -0.4 is 21.1 Å². The van der Waals surface area contributed by atoms with Gasteiger partial charge in [0.2, 0.25) is 27.9 Å². The Bertz CT molecular complexity index is 1290. The van der Waals surface area contributed by atoms with Crippen LogP contribution in [0, 0.1) is 11.8 Å². The van der Waals surface area contributed by atoms with Gasteiger partial charge < -0.3 is 16.0 Å². The summed E-state index contributed by atoms with van der Waals surface area (Å²) in [5.74, 6) is 2.61. The fourth-order valence-electron chi connectivity index (χ4n) is 5.07. The van der Waals surface area contributed by atoms with E-state index in [4.69, 9.17) is 5.14 Å². The molecule has 4 rings (SSSR count). The summed E-state index contributed by atoms with van der Waals surface area (Å²) in [4.78, 5) is 13.8. The van der Waals surface area contributed by atoms with E-state index >= 15 is 0 Å². The first-order valence-electron chi connectivity index (χ1n) is 13.1. The predicted molar refractivity (Wildman–Crippen MR) is 150 cm³/mol. The lowest BCUT2D eigenvalue weighted by atomic mass is 9.79. The van der Waals surface area contributed by atoms with Crippen LogP contribution in [0.15, 0.2) is 41.3 Å². The fraction of sp³-hybridized carbons (Fsp3) is 0.519. The molecule has 5 N–H and O–H groups in total. The minimum atomic E-state index is -3.82. The van der Waals surface area contributed by atoms with Gasteiger partial charge in [-0.1, -0.05) is 36.4 Å². The fourth-order valence-corrected chi connectivity index (χ4v) is 6.08. The van der Waals surface area contributed by atoms with Gasteiger partial charge in [-0.05, 0) is 82.6 Å². The number of aromatic nitrogens is 3. The average molecular weight is 526 g/mol. The SMILES string of the molecule is CC(C)Nc1nc(NCC2CCC(Cc3ccc4ccccc4c3S(N)(=O)=O)CC2)nc(NC(C)C)n1. The molecule has 1 saturated carbocycles. The van der Waals surface area contributed by atoms with Gasteiger partial charge in [-0.3, -0.25) is 0 Å². The standard InChI is InChI=1S/C27H39N7O2S/c1-17(2)30-26-32-25(33-27(34-26)31-18(3)4)29-16-20-11-9-19(10-12-20)15-22-14-13-21-7-5-6-8-23(21)24(22)37(28,35)36/h5-8,13-14,17-20H,9-12,15-16H2,1-4H3,(H2,28,35,36)(H3,29,30,31,32,33,34). The number of nitrogens with one attached hydrogen (secondary N) is 3. The lowest BCUT2D eigenvalue weighted by molar-refractivity contribution is 0.281. The third-order valence-electron chi connectivity index (χ3n) is 6.74. The highest BCUT2D eigenvalue weighted by molar-refractivity contribution is 7.89. The average Bonchev–Trinajstić information content (AvgIpc) is 2.81. The lowest BCUT2D eigenvalue weighted by Crippen LogP contribution is -2.24. The van der Waals surface area contributed by atoms with Gasteiger partial charge >= 0.3 is 0 Å². The highest BCUT2D eigenvalue weighted by Crippen LogP contribution is 2.34. The second-order valence-corrected chi connectivity index (χ2v) is 12.2. The first-order valence-corrected chi connectivity index (χ1v) is 14.7. The summed E-state index contributed by atoms with van der Waals surface area (Å²) in [5.41, 5.74) is 0.823. The first-order chi connectivity index (χ1) is 17.6. The molecule has 0 amide bonds. The van der Waals surface area contributed by atoms with E-state index in [0.717, 1.165) is 49.6 Å². The molecule has 0 radical (unpaired) electrons. The molecule has 37 heavy (non-hydrogen) atoms. The van der Waals surface area contributed by atoms with Crippen LogP contribution in [0.25, 0.3) is 10.8 Å². The topological polar surface area (TPSA) is 135 Å². The van der Waals surface area contributed by atoms with Crippen LogP contribution in [-0.2, 0) is 16.4 Å². The van der Waals surface area contributed by atoms with Gasteiger partial charge in [0.25, 0.3) is 0 Å². The Labute approximate surface area is 220 Å². The molecule has 9 nitrogen and oxygen atoms in total. The molecule has 3 aromatic rings. The van der Waals surface area contributed by atoms with Crippen molar-refractivity contribution in [3.05, 3.63) is 42.0 Å². The predicted octanol–water partition coefficient (Wildman–Crippen LogP) is 4.77. The zero-order chi connectivity index (χ0) is 26.6. The Morgan fingerprint density at radius 2 is 1.41 bits per heavy atom. The molecule has 1 heterocycles. The van der Waals surface area contributed by atoms with Gasteiger partial charge in [-0.25, -0.2) is 13.6 Å². The van der Waals surface area contributed by atoms with Crippen molar-refractivity contribution < 1.29 is 8.42 Å². The molecule has 1 aliphatic rings. The van der Waals surface area contributed by atoms with E-state index in [0.29, 0.717) is 35.1 Å². The smallest absolute Gasteiger partial charge is 0.238 e. The number of fused-ring (bicyclic) bond motifs is 1. The van der Waals surface area contributed by atoms with E-state index < -0.39 is 10.0 Å². The number of nitrogens with zero attached hydrogens (tertiary/aromatic N) is 3. The van der Waals surface area contributed by atoms with Gasteiger partial charge in [0.1, 0.15) is 0 Å². The highest BCUT2D eigenvalue weighted by Gasteiger charge is 2.25. The summed E-state index contributed by atoms with van der Waals surface area (Å²) in [6.07, 6.45) is 4.94. The summed E-state index contributed by atoms with van der Waals surface area (Å²) in [6.45, 7) is 8.99. The minimum absolute atomic E-state index is 0.217. The van der Waals surface area contributed by atoms with Gasteiger partial charge in [0, 0.05) is 24.0 Å². The lowest BCUT2D eigenvalue weighted by Gasteiger charge is -2.29. The van der Waals surface area contributed by atoms with Crippen LogP contribution in [0.5, 0.6) is 0 Å². The number of anilines is 3. The van der Waals surface area contributed by atoms with E-state index in [2.05, 4.69) is 58.6 Å². The summed E-state index contributed by atoms with van der Waals surface area (Å²) in [5, 5.41) is 17.2. The number of hydrogen-bond acceptors (Lipinski definition) is 8. The summed E-state index contributed by atoms with van der Waals surface area (Å²) >= 11 is 0. The van der Waals surface area contributed by atoms with Crippen LogP contribution in [0.3, 0.4) is 0 Å². The van der Waals surface area contributed by atoms with E-state index in [9.17, 15) is 8.42 Å². The van der Waals surface area contributed by atoms with Gasteiger partial charge in [-0.15, -0.1) is 0 Å². The van der Waals surface area contributed by atoms with Crippen molar-refractivity contribution in [1.82, 2.24) is 15.0 Å². The van der Waals surface area contributed by atoms with Crippen molar-refractivity contribution in [2.75, 3.05) is 22.5 Å². The molecule has 200 valence electrons. The molecule has 0 saturated heterocycles. The molecule has 0 atom stereocenters. The Morgan fingerprint density at radius 1 is 0.838 bits per heavy atom. The minimum Gasteiger partial charge on any atom is -0.354 e. The van der Waals surface area contributed by atoms with Crippen LogP contribution in [0.4, 0.5) is 17.8 Å². The number of hydrogen-bond donors (Lipinski definition) is 4. The van der Waals surface area contributed by atoms with Crippen molar-refractivity contribution >= 4 is 38.6 Å². The third-order valence-corrected chi connectivity index (χ3v) is 7.79. The molecule has 1 fully saturated rings. The quantitative estimate of drug-likeness (QED) is 0.297. The number of rotatable bonds is 10. The van der Waals surface area contributed by atoms with E-state index in [1.807, 2.05) is 36.4 Å². The number of benzene rings is 2. The number of sulfonamides is 1. The normalized spacial score (nSPS) is 18.4. The summed E-state index contributed by atoms with van der Waals surface area (Å²) < 4.78 is 25.0. The Kier molecular flexibility index (Phi) is 8.49. The maximum atomic E-state index is 12.5. The van der Waals surface area contributed by atoms with Crippen molar-refractivity contribution in [3.8, 4) is 0 Å². The van der Waals surface area contributed by atoms with Crippen molar-refractivity contribution in [3.63, 3.8) is 0 Å². The van der Waals surface area contributed by atoms with Gasteiger partial charge in [-0.2, -0.15) is 15.0 Å². The molecule has 2 aromatic carbocycles. The summed E-state index contributed by atoms with van der Waals surface area (Å²) in [6, 6.07) is 11.9. The number of primary sulfonamides is 1. The molecular weight excluding hydrogens is 486 g/mol. The molecule has 0 bridgehead atoms. The van der Waals surface area contributed by atoms with Gasteiger partial charge in [0.15, 0.2) is 0 Å². The second-order valence-electron chi connectivity index (χ2n) is 10.7. The van der Waals surface area contributed by atoms with Gasteiger partial charge in [0.05, 0.1) is 4.90 Å². The molecule has 0 spiro atoms. The van der Waals surface area contributed by atoms with Crippen molar-refractivity contribution in [2.24, 2.45) is 17.0 Å². The zero-order valence-corrected chi connectivity index (χ0v) is 23.0. The van der Waals surface area contributed by atoms with Crippen molar-refractivity contribution in [2.45, 2.75) is 76.8 Å². The molecule has 0 aliphatic heterocycles.